The molecule has 7 nitrogen and oxygen atoms in total. The van der Waals surface area contributed by atoms with Gasteiger partial charge in [0.1, 0.15) is 22.2 Å². The Bertz CT molecular complexity index is 1230. The SMILES string of the molecule is COc1ccccc1NC(=O)N(Cc1cccc(OS(=O)(=O)c2ccc(F)cc2)c1)CC(C)C. The summed E-state index contributed by atoms with van der Waals surface area (Å²) in [6, 6.07) is 17.7. The standard InChI is InChI=1S/C25H27FN2O5S/c1-18(2)16-28(25(29)27-23-9-4-5-10-24(23)32-3)17-19-7-6-8-21(15-19)33-34(30,31)22-13-11-20(26)12-14-22/h4-15,18H,16-17H2,1-3H3,(H,27,29). The third kappa shape index (κ3) is 6.71. The summed E-state index contributed by atoms with van der Waals surface area (Å²) < 4.78 is 48.7. The smallest absolute Gasteiger partial charge is 0.339 e. The van der Waals surface area contributed by atoms with Crippen LogP contribution in [0.1, 0.15) is 19.4 Å². The van der Waals surface area contributed by atoms with Crippen molar-refractivity contribution in [3.05, 3.63) is 84.2 Å². The normalized spacial score (nSPS) is 11.2. The van der Waals surface area contributed by atoms with Gasteiger partial charge in [0.15, 0.2) is 0 Å². The molecule has 0 bridgehead atoms. The molecule has 0 aliphatic rings. The predicted molar refractivity (Wildman–Crippen MR) is 128 cm³/mol. The number of amides is 2. The van der Waals surface area contributed by atoms with Gasteiger partial charge in [-0.15, -0.1) is 0 Å². The topological polar surface area (TPSA) is 84.9 Å². The molecule has 0 unspecified atom stereocenters. The van der Waals surface area contributed by atoms with Gasteiger partial charge in [0.25, 0.3) is 0 Å². The van der Waals surface area contributed by atoms with Crippen molar-refractivity contribution < 1.29 is 26.5 Å². The van der Waals surface area contributed by atoms with E-state index in [0.29, 0.717) is 23.5 Å². The molecule has 3 aromatic carbocycles. The van der Waals surface area contributed by atoms with Crippen LogP contribution in [0.3, 0.4) is 0 Å². The lowest BCUT2D eigenvalue weighted by Gasteiger charge is -2.25. The third-order valence-corrected chi connectivity index (χ3v) is 6.06. The molecule has 0 saturated heterocycles. The molecule has 0 aliphatic heterocycles. The lowest BCUT2D eigenvalue weighted by molar-refractivity contribution is 0.201. The summed E-state index contributed by atoms with van der Waals surface area (Å²) in [5.74, 6) is 0.289. The number of methoxy groups -OCH3 is 1. The Hall–Kier alpha value is -3.59. The first-order valence-corrected chi connectivity index (χ1v) is 12.1. The molecule has 0 atom stereocenters. The zero-order chi connectivity index (χ0) is 24.7. The van der Waals surface area contributed by atoms with Crippen LogP contribution in [0.5, 0.6) is 11.5 Å². The van der Waals surface area contributed by atoms with Crippen molar-refractivity contribution in [3.63, 3.8) is 0 Å². The molecule has 0 heterocycles. The maximum Gasteiger partial charge on any atom is 0.339 e. The third-order valence-electron chi connectivity index (χ3n) is 4.80. The fourth-order valence-electron chi connectivity index (χ4n) is 3.29. The van der Waals surface area contributed by atoms with E-state index in [1.165, 1.54) is 13.2 Å². The van der Waals surface area contributed by atoms with Gasteiger partial charge in [0, 0.05) is 13.1 Å². The summed E-state index contributed by atoms with van der Waals surface area (Å²) in [7, 11) is -2.60. The van der Waals surface area contributed by atoms with Crippen molar-refractivity contribution in [3.8, 4) is 11.5 Å². The summed E-state index contributed by atoms with van der Waals surface area (Å²) in [6.45, 7) is 4.70. The Morgan fingerprint density at radius 1 is 1.03 bits per heavy atom. The highest BCUT2D eigenvalue weighted by atomic mass is 32.2. The highest BCUT2D eigenvalue weighted by Crippen LogP contribution is 2.25. The number of para-hydroxylation sites is 2. The minimum Gasteiger partial charge on any atom is -0.495 e. The summed E-state index contributed by atoms with van der Waals surface area (Å²) in [5.41, 5.74) is 1.23. The molecule has 0 aromatic heterocycles. The number of urea groups is 1. The first kappa shape index (κ1) is 25.0. The number of hydrogen-bond donors (Lipinski definition) is 1. The van der Waals surface area contributed by atoms with Gasteiger partial charge in [-0.3, -0.25) is 0 Å². The highest BCUT2D eigenvalue weighted by Gasteiger charge is 2.19. The van der Waals surface area contributed by atoms with E-state index in [0.717, 1.165) is 24.3 Å². The van der Waals surface area contributed by atoms with Crippen molar-refractivity contribution in [2.24, 2.45) is 5.92 Å². The number of benzene rings is 3. The van der Waals surface area contributed by atoms with E-state index in [-0.39, 0.29) is 29.1 Å². The Labute approximate surface area is 199 Å². The maximum atomic E-state index is 13.1. The largest absolute Gasteiger partial charge is 0.495 e. The number of nitrogens with zero attached hydrogens (tertiary/aromatic N) is 1. The molecule has 0 radical (unpaired) electrons. The second-order valence-electron chi connectivity index (χ2n) is 8.04. The van der Waals surface area contributed by atoms with Gasteiger partial charge < -0.3 is 19.1 Å². The zero-order valence-corrected chi connectivity index (χ0v) is 20.0. The van der Waals surface area contributed by atoms with E-state index < -0.39 is 15.9 Å². The van der Waals surface area contributed by atoms with Crippen LogP contribution in [0.2, 0.25) is 0 Å². The van der Waals surface area contributed by atoms with Crippen LogP contribution in [0.4, 0.5) is 14.9 Å². The molecule has 34 heavy (non-hydrogen) atoms. The quantitative estimate of drug-likeness (QED) is 0.415. The number of carbonyl (C=O) groups excluding carboxylic acids is 1. The van der Waals surface area contributed by atoms with E-state index in [4.69, 9.17) is 8.92 Å². The Kier molecular flexibility index (Phi) is 8.12. The maximum absolute atomic E-state index is 13.1. The van der Waals surface area contributed by atoms with E-state index in [1.54, 1.807) is 41.3 Å². The number of nitrogens with one attached hydrogen (secondary N) is 1. The molecule has 0 aliphatic carbocycles. The van der Waals surface area contributed by atoms with Crippen molar-refractivity contribution in [1.29, 1.82) is 0 Å². The molecule has 180 valence electrons. The van der Waals surface area contributed by atoms with Gasteiger partial charge in [0.05, 0.1) is 12.8 Å². The van der Waals surface area contributed by atoms with Gasteiger partial charge in [-0.25, -0.2) is 9.18 Å². The molecular weight excluding hydrogens is 459 g/mol. The van der Waals surface area contributed by atoms with Gasteiger partial charge in [0.2, 0.25) is 0 Å². The molecule has 0 spiro atoms. The minimum absolute atomic E-state index is 0.0939. The van der Waals surface area contributed by atoms with Crippen molar-refractivity contribution in [1.82, 2.24) is 4.90 Å². The molecular formula is C25H27FN2O5S. The Morgan fingerprint density at radius 3 is 2.41 bits per heavy atom. The zero-order valence-electron chi connectivity index (χ0n) is 19.2. The van der Waals surface area contributed by atoms with Crippen molar-refractivity contribution in [2.75, 3.05) is 19.0 Å². The Balaban J connectivity index is 1.77. The van der Waals surface area contributed by atoms with E-state index in [2.05, 4.69) is 5.32 Å². The van der Waals surface area contributed by atoms with E-state index >= 15 is 0 Å². The second-order valence-corrected chi connectivity index (χ2v) is 9.59. The Morgan fingerprint density at radius 2 is 1.74 bits per heavy atom. The van der Waals surface area contributed by atoms with Crippen LogP contribution < -0.4 is 14.2 Å². The summed E-state index contributed by atoms with van der Waals surface area (Å²) in [5, 5.41) is 2.87. The van der Waals surface area contributed by atoms with Crippen molar-refractivity contribution >= 4 is 21.8 Å². The van der Waals surface area contributed by atoms with Gasteiger partial charge in [-0.2, -0.15) is 8.42 Å². The van der Waals surface area contributed by atoms with E-state index in [1.807, 2.05) is 19.9 Å². The molecule has 9 heteroatoms. The van der Waals surface area contributed by atoms with Gasteiger partial charge in [-0.1, -0.05) is 38.1 Å². The molecule has 0 saturated carbocycles. The minimum atomic E-state index is -4.13. The fourth-order valence-corrected chi connectivity index (χ4v) is 4.22. The highest BCUT2D eigenvalue weighted by molar-refractivity contribution is 7.87. The molecule has 3 aromatic rings. The van der Waals surface area contributed by atoms with Gasteiger partial charge in [-0.05, 0) is 60.0 Å². The number of anilines is 1. The van der Waals surface area contributed by atoms with Crippen LogP contribution in [-0.2, 0) is 16.7 Å². The number of hydrogen-bond acceptors (Lipinski definition) is 5. The first-order valence-electron chi connectivity index (χ1n) is 10.7. The van der Waals surface area contributed by atoms with Crippen LogP contribution in [0.15, 0.2) is 77.7 Å². The van der Waals surface area contributed by atoms with Crippen LogP contribution in [-0.4, -0.2) is 33.0 Å². The number of carbonyl (C=O) groups is 1. The van der Waals surface area contributed by atoms with Crippen molar-refractivity contribution in [2.45, 2.75) is 25.3 Å². The van der Waals surface area contributed by atoms with Crippen LogP contribution >= 0.6 is 0 Å². The number of halogens is 1. The first-order chi connectivity index (χ1) is 16.2. The predicted octanol–water partition coefficient (Wildman–Crippen LogP) is 5.29. The molecule has 1 N–H and O–H groups in total. The second kappa shape index (κ2) is 11.0. The number of ether oxygens (including phenoxy) is 1. The average Bonchev–Trinajstić information content (AvgIpc) is 2.79. The summed E-state index contributed by atoms with van der Waals surface area (Å²) in [6.07, 6.45) is 0. The van der Waals surface area contributed by atoms with Crippen LogP contribution in [0.25, 0.3) is 0 Å². The molecule has 3 rings (SSSR count). The number of rotatable bonds is 9. The summed E-state index contributed by atoms with van der Waals surface area (Å²) in [4.78, 5) is 14.5. The van der Waals surface area contributed by atoms with E-state index in [9.17, 15) is 17.6 Å². The average molecular weight is 487 g/mol. The molecule has 0 fully saturated rings. The van der Waals surface area contributed by atoms with Crippen LogP contribution in [0, 0.1) is 11.7 Å². The fraction of sp³-hybridized carbons (Fsp3) is 0.240. The lowest BCUT2D eigenvalue weighted by atomic mass is 10.1. The lowest BCUT2D eigenvalue weighted by Crippen LogP contribution is -2.37. The van der Waals surface area contributed by atoms with Gasteiger partial charge >= 0.3 is 16.1 Å². The summed E-state index contributed by atoms with van der Waals surface area (Å²) >= 11 is 0. The monoisotopic (exact) mass is 486 g/mol. The molecule has 2 amide bonds.